The molecular formula is C16H21NO. The summed E-state index contributed by atoms with van der Waals surface area (Å²) in [5.41, 5.74) is 1.37. The van der Waals surface area contributed by atoms with Crippen molar-refractivity contribution in [2.45, 2.75) is 44.7 Å². The maximum absolute atomic E-state index is 12.0. The minimum absolute atomic E-state index is 0.330. The summed E-state index contributed by atoms with van der Waals surface area (Å²) < 4.78 is 0. The van der Waals surface area contributed by atoms with E-state index in [0.717, 1.165) is 25.9 Å². The number of nitrogens with zero attached hydrogens (tertiary/aromatic N) is 1. The van der Waals surface area contributed by atoms with Gasteiger partial charge in [0.1, 0.15) is 5.78 Å². The van der Waals surface area contributed by atoms with Crippen LogP contribution in [0.15, 0.2) is 30.3 Å². The zero-order chi connectivity index (χ0) is 12.4. The van der Waals surface area contributed by atoms with Crippen LogP contribution in [-0.4, -0.2) is 23.3 Å². The molecule has 3 rings (SSSR count). The number of hydrogen-bond donors (Lipinski definition) is 0. The van der Waals surface area contributed by atoms with Crippen LogP contribution in [0.25, 0.3) is 0 Å². The van der Waals surface area contributed by atoms with Crippen molar-refractivity contribution < 1.29 is 4.79 Å². The van der Waals surface area contributed by atoms with E-state index in [9.17, 15) is 4.79 Å². The number of likely N-dealkylation sites (tertiary alicyclic amines) is 1. The number of carbonyl (C=O) groups is 1. The largest absolute Gasteiger partial charge is 0.299 e. The fraction of sp³-hybridized carbons (Fsp3) is 0.562. The molecule has 2 heteroatoms. The van der Waals surface area contributed by atoms with Gasteiger partial charge in [-0.3, -0.25) is 9.69 Å². The highest BCUT2D eigenvalue weighted by atomic mass is 16.1. The minimum atomic E-state index is 0.330. The first-order valence-electron chi connectivity index (χ1n) is 7.15. The van der Waals surface area contributed by atoms with Crippen LogP contribution in [0.2, 0.25) is 0 Å². The highest BCUT2D eigenvalue weighted by Crippen LogP contribution is 2.34. The number of benzene rings is 1. The molecule has 0 radical (unpaired) electrons. The highest BCUT2D eigenvalue weighted by molar-refractivity contribution is 5.82. The third-order valence-electron chi connectivity index (χ3n) is 4.49. The zero-order valence-electron chi connectivity index (χ0n) is 10.8. The summed E-state index contributed by atoms with van der Waals surface area (Å²) in [6.45, 7) is 1.96. The molecule has 0 unspecified atom stereocenters. The molecule has 96 valence electrons. The lowest BCUT2D eigenvalue weighted by molar-refractivity contribution is -0.131. The molecule has 2 aliphatic rings. The summed E-state index contributed by atoms with van der Waals surface area (Å²) in [6, 6.07) is 11.2. The topological polar surface area (TPSA) is 20.3 Å². The molecule has 1 aliphatic carbocycles. The maximum atomic E-state index is 12.0. The van der Waals surface area contributed by atoms with Crippen LogP contribution in [0, 0.1) is 5.92 Å². The van der Waals surface area contributed by atoms with Gasteiger partial charge in [-0.25, -0.2) is 0 Å². The standard InChI is InChI=1S/C16H21NO/c18-16-10-11-17(12-13-6-2-1-3-7-13)15-9-5-4-8-14(15)16/h1-3,6-7,14-15H,4-5,8-12H2/t14-,15-/m1/s1. The second-order valence-electron chi connectivity index (χ2n) is 5.63. The molecule has 2 nitrogen and oxygen atoms in total. The highest BCUT2D eigenvalue weighted by Gasteiger charge is 2.38. The van der Waals surface area contributed by atoms with Gasteiger partial charge in [0.15, 0.2) is 0 Å². The molecule has 1 aromatic rings. The molecule has 0 spiro atoms. The van der Waals surface area contributed by atoms with Crippen molar-refractivity contribution in [1.29, 1.82) is 0 Å². The van der Waals surface area contributed by atoms with Crippen LogP contribution in [0.1, 0.15) is 37.7 Å². The lowest BCUT2D eigenvalue weighted by Crippen LogP contribution is -2.50. The van der Waals surface area contributed by atoms with E-state index in [1.807, 2.05) is 0 Å². The molecule has 1 heterocycles. The van der Waals surface area contributed by atoms with E-state index in [1.54, 1.807) is 0 Å². The Labute approximate surface area is 109 Å². The summed E-state index contributed by atoms with van der Waals surface area (Å²) >= 11 is 0. The van der Waals surface area contributed by atoms with E-state index < -0.39 is 0 Å². The average Bonchev–Trinajstić information content (AvgIpc) is 2.44. The lowest BCUT2D eigenvalue weighted by Gasteiger charge is -2.43. The molecule has 1 aromatic carbocycles. The SMILES string of the molecule is O=C1CCN(Cc2ccccc2)[C@@H]2CCCC[C@@H]12. The predicted molar refractivity (Wildman–Crippen MR) is 72.2 cm³/mol. The molecule has 1 saturated carbocycles. The van der Waals surface area contributed by atoms with E-state index in [4.69, 9.17) is 0 Å². The van der Waals surface area contributed by atoms with Crippen molar-refractivity contribution in [2.75, 3.05) is 6.54 Å². The quantitative estimate of drug-likeness (QED) is 0.796. The molecule has 0 aromatic heterocycles. The molecule has 18 heavy (non-hydrogen) atoms. The van der Waals surface area contributed by atoms with Crippen LogP contribution in [0.5, 0.6) is 0 Å². The Morgan fingerprint density at radius 2 is 1.89 bits per heavy atom. The van der Waals surface area contributed by atoms with E-state index in [0.29, 0.717) is 17.7 Å². The molecule has 0 bridgehead atoms. The van der Waals surface area contributed by atoms with Gasteiger partial charge < -0.3 is 0 Å². The normalized spacial score (nSPS) is 29.0. The van der Waals surface area contributed by atoms with E-state index in [1.165, 1.54) is 24.8 Å². The number of carbonyl (C=O) groups excluding carboxylic acids is 1. The van der Waals surface area contributed by atoms with Gasteiger partial charge in [-0.1, -0.05) is 43.2 Å². The van der Waals surface area contributed by atoms with Crippen molar-refractivity contribution >= 4 is 5.78 Å². The Morgan fingerprint density at radius 3 is 2.72 bits per heavy atom. The van der Waals surface area contributed by atoms with E-state index >= 15 is 0 Å². The Bertz CT molecular complexity index is 414. The molecule has 0 amide bonds. The van der Waals surface area contributed by atoms with Gasteiger partial charge >= 0.3 is 0 Å². The predicted octanol–water partition coefficient (Wildman–Crippen LogP) is 3.02. The van der Waals surface area contributed by atoms with Crippen LogP contribution in [-0.2, 0) is 11.3 Å². The third-order valence-corrected chi connectivity index (χ3v) is 4.49. The second kappa shape index (κ2) is 5.23. The molecule has 2 atom stereocenters. The summed E-state index contributed by atoms with van der Waals surface area (Å²) in [5, 5.41) is 0. The first-order valence-corrected chi connectivity index (χ1v) is 7.15. The Kier molecular flexibility index (Phi) is 3.46. The molecule has 1 saturated heterocycles. The van der Waals surface area contributed by atoms with Crippen LogP contribution < -0.4 is 0 Å². The molecular weight excluding hydrogens is 222 g/mol. The monoisotopic (exact) mass is 243 g/mol. The van der Waals surface area contributed by atoms with Crippen molar-refractivity contribution in [2.24, 2.45) is 5.92 Å². The van der Waals surface area contributed by atoms with Gasteiger partial charge in [-0.15, -0.1) is 0 Å². The number of Topliss-reactive ketones (excluding diaryl/α,β-unsaturated/α-hetero) is 1. The average molecular weight is 243 g/mol. The number of fused-ring (bicyclic) bond motifs is 1. The van der Waals surface area contributed by atoms with Crippen molar-refractivity contribution in [1.82, 2.24) is 4.90 Å². The first-order chi connectivity index (χ1) is 8.84. The number of piperidine rings is 1. The molecule has 2 fully saturated rings. The van der Waals surface area contributed by atoms with E-state index in [-0.39, 0.29) is 0 Å². The minimum Gasteiger partial charge on any atom is -0.299 e. The molecule has 1 aliphatic heterocycles. The van der Waals surface area contributed by atoms with Crippen molar-refractivity contribution in [3.8, 4) is 0 Å². The Hall–Kier alpha value is -1.15. The van der Waals surface area contributed by atoms with Crippen LogP contribution >= 0.6 is 0 Å². The summed E-state index contributed by atoms with van der Waals surface area (Å²) in [4.78, 5) is 14.5. The lowest BCUT2D eigenvalue weighted by atomic mass is 9.77. The smallest absolute Gasteiger partial charge is 0.138 e. The van der Waals surface area contributed by atoms with Crippen LogP contribution in [0.4, 0.5) is 0 Å². The van der Waals surface area contributed by atoms with Crippen molar-refractivity contribution in [3.63, 3.8) is 0 Å². The van der Waals surface area contributed by atoms with Gasteiger partial charge in [-0.2, -0.15) is 0 Å². The van der Waals surface area contributed by atoms with Gasteiger partial charge in [0, 0.05) is 31.5 Å². The van der Waals surface area contributed by atoms with Gasteiger partial charge in [-0.05, 0) is 18.4 Å². The fourth-order valence-corrected chi connectivity index (χ4v) is 3.54. The fourth-order valence-electron chi connectivity index (χ4n) is 3.54. The summed E-state index contributed by atoms with van der Waals surface area (Å²) in [6.07, 6.45) is 5.62. The second-order valence-corrected chi connectivity index (χ2v) is 5.63. The zero-order valence-corrected chi connectivity index (χ0v) is 10.8. The van der Waals surface area contributed by atoms with Crippen molar-refractivity contribution in [3.05, 3.63) is 35.9 Å². The van der Waals surface area contributed by atoms with Gasteiger partial charge in [0.25, 0.3) is 0 Å². The van der Waals surface area contributed by atoms with Gasteiger partial charge in [0.05, 0.1) is 0 Å². The summed E-state index contributed by atoms with van der Waals surface area (Å²) in [7, 11) is 0. The number of hydrogen-bond acceptors (Lipinski definition) is 2. The van der Waals surface area contributed by atoms with Gasteiger partial charge in [0.2, 0.25) is 0 Å². The maximum Gasteiger partial charge on any atom is 0.138 e. The number of ketones is 1. The first kappa shape index (κ1) is 11.9. The van der Waals surface area contributed by atoms with E-state index in [2.05, 4.69) is 35.2 Å². The third kappa shape index (κ3) is 2.35. The summed E-state index contributed by atoms with van der Waals surface area (Å²) in [5.74, 6) is 0.847. The van der Waals surface area contributed by atoms with Crippen LogP contribution in [0.3, 0.4) is 0 Å². The Balaban J connectivity index is 1.73. The Morgan fingerprint density at radius 1 is 1.11 bits per heavy atom. The molecule has 0 N–H and O–H groups in total. The number of rotatable bonds is 2.